The zero-order chi connectivity index (χ0) is 19.9. The number of carbonyl (C=O) groups is 2. The van der Waals surface area contributed by atoms with Crippen LogP contribution in [-0.4, -0.2) is 37.6 Å². The second-order valence-electron chi connectivity index (χ2n) is 6.37. The molecule has 1 heterocycles. The second kappa shape index (κ2) is 9.08. The summed E-state index contributed by atoms with van der Waals surface area (Å²) in [5.74, 6) is 0.325. The smallest absolute Gasteiger partial charge is 0.306 e. The molecule has 0 aliphatic heterocycles. The van der Waals surface area contributed by atoms with Crippen molar-refractivity contribution in [2.24, 2.45) is 0 Å². The molecule has 0 bridgehead atoms. The summed E-state index contributed by atoms with van der Waals surface area (Å²) in [5.41, 5.74) is 2.66. The van der Waals surface area contributed by atoms with Crippen LogP contribution in [0.25, 0.3) is 10.9 Å². The van der Waals surface area contributed by atoms with Gasteiger partial charge in [0.15, 0.2) is 23.9 Å². The Hall–Kier alpha value is -3.28. The lowest BCUT2D eigenvalue weighted by Crippen LogP contribution is -2.14. The van der Waals surface area contributed by atoms with E-state index in [1.807, 2.05) is 24.4 Å². The minimum atomic E-state index is -0.381. The molecule has 0 aliphatic carbocycles. The van der Waals surface area contributed by atoms with E-state index in [0.717, 1.165) is 11.9 Å². The highest BCUT2D eigenvalue weighted by atomic mass is 16.5. The van der Waals surface area contributed by atoms with Gasteiger partial charge in [0.05, 0.1) is 14.2 Å². The highest BCUT2D eigenvalue weighted by Crippen LogP contribution is 2.27. The minimum absolute atomic E-state index is 0.263. The maximum atomic E-state index is 12.2. The highest BCUT2D eigenvalue weighted by Gasteiger charge is 2.13. The zero-order valence-electron chi connectivity index (χ0n) is 16.0. The SMILES string of the molecule is COc1ccc(C(=O)COC(=O)CCCc2c[nH]c3ccccc23)cc1OC. The van der Waals surface area contributed by atoms with E-state index in [4.69, 9.17) is 14.2 Å². The number of carbonyl (C=O) groups excluding carboxylic acids is 2. The Morgan fingerprint density at radius 1 is 1.00 bits per heavy atom. The number of aromatic amines is 1. The van der Waals surface area contributed by atoms with Gasteiger partial charge in [0.2, 0.25) is 0 Å². The van der Waals surface area contributed by atoms with Gasteiger partial charge in [-0.25, -0.2) is 0 Å². The molecule has 0 unspecified atom stereocenters. The van der Waals surface area contributed by atoms with Gasteiger partial charge in [0.25, 0.3) is 0 Å². The molecule has 0 atom stereocenters. The maximum absolute atomic E-state index is 12.2. The van der Waals surface area contributed by atoms with Gasteiger partial charge in [-0.3, -0.25) is 9.59 Å². The number of Topliss-reactive ketones (excluding diaryl/α,β-unsaturated/α-hetero) is 1. The number of hydrogen-bond acceptors (Lipinski definition) is 5. The van der Waals surface area contributed by atoms with E-state index in [2.05, 4.69) is 11.1 Å². The Labute approximate surface area is 163 Å². The van der Waals surface area contributed by atoms with Crippen LogP contribution in [0, 0.1) is 0 Å². The van der Waals surface area contributed by atoms with E-state index in [9.17, 15) is 9.59 Å². The van der Waals surface area contributed by atoms with Gasteiger partial charge in [0.1, 0.15) is 0 Å². The number of nitrogens with one attached hydrogen (secondary N) is 1. The van der Waals surface area contributed by atoms with Crippen LogP contribution < -0.4 is 9.47 Å². The van der Waals surface area contributed by atoms with Crippen molar-refractivity contribution in [3.8, 4) is 11.5 Å². The van der Waals surface area contributed by atoms with Gasteiger partial charge < -0.3 is 19.2 Å². The predicted octanol–water partition coefficient (Wildman–Crippen LogP) is 3.93. The van der Waals surface area contributed by atoms with Crippen LogP contribution in [0.1, 0.15) is 28.8 Å². The van der Waals surface area contributed by atoms with Crippen molar-refractivity contribution in [3.63, 3.8) is 0 Å². The van der Waals surface area contributed by atoms with Gasteiger partial charge in [-0.2, -0.15) is 0 Å². The first-order chi connectivity index (χ1) is 13.6. The number of para-hydroxylation sites is 1. The first-order valence-corrected chi connectivity index (χ1v) is 9.08. The molecule has 1 N–H and O–H groups in total. The van der Waals surface area contributed by atoms with Crippen molar-refractivity contribution < 1.29 is 23.8 Å². The fraction of sp³-hybridized carbons (Fsp3) is 0.273. The number of ketones is 1. The van der Waals surface area contributed by atoms with Gasteiger partial charge in [-0.15, -0.1) is 0 Å². The summed E-state index contributed by atoms with van der Waals surface area (Å²) in [4.78, 5) is 27.4. The van der Waals surface area contributed by atoms with Crippen molar-refractivity contribution in [3.05, 3.63) is 59.8 Å². The van der Waals surface area contributed by atoms with Crippen LogP contribution in [0.2, 0.25) is 0 Å². The molecule has 2 aromatic carbocycles. The van der Waals surface area contributed by atoms with Crippen molar-refractivity contribution in [2.75, 3.05) is 20.8 Å². The highest BCUT2D eigenvalue weighted by molar-refractivity contribution is 5.98. The van der Waals surface area contributed by atoms with E-state index in [-0.39, 0.29) is 24.8 Å². The summed E-state index contributed by atoms with van der Waals surface area (Å²) >= 11 is 0. The fourth-order valence-corrected chi connectivity index (χ4v) is 3.07. The Kier molecular flexibility index (Phi) is 6.32. The molecular weight excluding hydrogens is 358 g/mol. The van der Waals surface area contributed by atoms with Crippen molar-refractivity contribution in [1.82, 2.24) is 4.98 Å². The number of ether oxygens (including phenoxy) is 3. The van der Waals surface area contributed by atoms with Crippen LogP contribution in [0.3, 0.4) is 0 Å². The largest absolute Gasteiger partial charge is 0.493 e. The average Bonchev–Trinajstić information content (AvgIpc) is 3.14. The fourth-order valence-electron chi connectivity index (χ4n) is 3.07. The zero-order valence-corrected chi connectivity index (χ0v) is 16.0. The number of fused-ring (bicyclic) bond motifs is 1. The van der Waals surface area contributed by atoms with Gasteiger partial charge in [-0.05, 0) is 42.7 Å². The molecule has 0 aliphatic rings. The monoisotopic (exact) mass is 381 g/mol. The number of methoxy groups -OCH3 is 2. The van der Waals surface area contributed by atoms with Crippen molar-refractivity contribution in [1.29, 1.82) is 0 Å². The maximum Gasteiger partial charge on any atom is 0.306 e. The number of H-pyrrole nitrogens is 1. The third kappa shape index (κ3) is 4.52. The molecule has 1 aromatic heterocycles. The number of benzene rings is 2. The molecule has 28 heavy (non-hydrogen) atoms. The summed E-state index contributed by atoms with van der Waals surface area (Å²) in [7, 11) is 3.03. The summed E-state index contributed by atoms with van der Waals surface area (Å²) in [6.45, 7) is -0.290. The van der Waals surface area contributed by atoms with E-state index in [1.54, 1.807) is 18.2 Å². The Balaban J connectivity index is 1.47. The van der Waals surface area contributed by atoms with Crippen LogP contribution in [0.4, 0.5) is 0 Å². The number of hydrogen-bond donors (Lipinski definition) is 1. The standard InChI is InChI=1S/C22H23NO5/c1-26-20-11-10-15(12-21(20)27-2)19(24)14-28-22(25)9-5-6-16-13-23-18-8-4-3-7-17(16)18/h3-4,7-8,10-13,23H,5-6,9,14H2,1-2H3. The summed E-state index contributed by atoms with van der Waals surface area (Å²) < 4.78 is 15.5. The predicted molar refractivity (Wildman–Crippen MR) is 106 cm³/mol. The lowest BCUT2D eigenvalue weighted by Gasteiger charge is -2.09. The molecule has 3 rings (SSSR count). The molecule has 6 nitrogen and oxygen atoms in total. The molecule has 3 aromatic rings. The van der Waals surface area contributed by atoms with Crippen LogP contribution in [0.5, 0.6) is 11.5 Å². The van der Waals surface area contributed by atoms with Gasteiger partial charge in [-0.1, -0.05) is 18.2 Å². The first kappa shape index (κ1) is 19.5. The number of esters is 1. The van der Waals surface area contributed by atoms with Crippen LogP contribution >= 0.6 is 0 Å². The topological polar surface area (TPSA) is 77.6 Å². The lowest BCUT2D eigenvalue weighted by molar-refractivity contribution is -0.142. The molecule has 0 saturated carbocycles. The average molecular weight is 381 g/mol. The number of rotatable bonds is 9. The first-order valence-electron chi connectivity index (χ1n) is 9.08. The summed E-state index contributed by atoms with van der Waals surface area (Å²) in [6.07, 6.45) is 3.66. The van der Waals surface area contributed by atoms with Crippen molar-refractivity contribution >= 4 is 22.7 Å². The van der Waals surface area contributed by atoms with Gasteiger partial charge in [0, 0.05) is 29.1 Å². The third-order valence-electron chi connectivity index (χ3n) is 4.57. The summed E-state index contributed by atoms with van der Waals surface area (Å²) in [6, 6.07) is 12.9. The quantitative estimate of drug-likeness (QED) is 0.449. The molecule has 0 spiro atoms. The molecule has 146 valence electrons. The minimum Gasteiger partial charge on any atom is -0.493 e. The number of aryl methyl sites for hydroxylation is 1. The molecule has 0 amide bonds. The van der Waals surface area contributed by atoms with Crippen LogP contribution in [0.15, 0.2) is 48.7 Å². The molecular formula is C22H23NO5. The Bertz CT molecular complexity index is 976. The van der Waals surface area contributed by atoms with Gasteiger partial charge >= 0.3 is 5.97 Å². The number of aromatic nitrogens is 1. The van der Waals surface area contributed by atoms with E-state index in [1.165, 1.54) is 25.2 Å². The van der Waals surface area contributed by atoms with E-state index in [0.29, 0.717) is 23.5 Å². The Morgan fingerprint density at radius 3 is 2.57 bits per heavy atom. The van der Waals surface area contributed by atoms with Crippen molar-refractivity contribution in [2.45, 2.75) is 19.3 Å². The molecule has 0 fully saturated rings. The normalized spacial score (nSPS) is 10.6. The van der Waals surface area contributed by atoms with E-state index < -0.39 is 0 Å². The molecule has 6 heteroatoms. The van der Waals surface area contributed by atoms with E-state index >= 15 is 0 Å². The summed E-state index contributed by atoms with van der Waals surface area (Å²) in [5, 5.41) is 1.17. The second-order valence-corrected chi connectivity index (χ2v) is 6.37. The Morgan fingerprint density at radius 2 is 1.79 bits per heavy atom. The molecule has 0 radical (unpaired) electrons. The van der Waals surface area contributed by atoms with Crippen LogP contribution in [-0.2, 0) is 16.0 Å². The lowest BCUT2D eigenvalue weighted by atomic mass is 10.1. The molecule has 0 saturated heterocycles. The third-order valence-corrected chi connectivity index (χ3v) is 4.57.